The SMILES string of the molecule is COC(=O)C(NC(=O)C1CC1(C)C)c1ccccc1. The Balaban J connectivity index is 2.12. The van der Waals surface area contributed by atoms with Crippen LogP contribution in [0, 0.1) is 11.3 Å². The van der Waals surface area contributed by atoms with Crippen LogP contribution < -0.4 is 5.32 Å². The third kappa shape index (κ3) is 2.95. The molecule has 0 heterocycles. The Kier molecular flexibility index (Phi) is 3.60. The first-order chi connectivity index (χ1) is 8.95. The van der Waals surface area contributed by atoms with E-state index in [0.717, 1.165) is 12.0 Å². The van der Waals surface area contributed by atoms with Gasteiger partial charge >= 0.3 is 5.97 Å². The Morgan fingerprint density at radius 2 is 1.89 bits per heavy atom. The highest BCUT2D eigenvalue weighted by atomic mass is 16.5. The molecule has 0 saturated heterocycles. The predicted molar refractivity (Wildman–Crippen MR) is 71.2 cm³/mol. The topological polar surface area (TPSA) is 55.4 Å². The Labute approximate surface area is 113 Å². The van der Waals surface area contributed by atoms with Gasteiger partial charge < -0.3 is 10.1 Å². The minimum atomic E-state index is -0.727. The van der Waals surface area contributed by atoms with E-state index in [4.69, 9.17) is 4.74 Å². The zero-order valence-electron chi connectivity index (χ0n) is 11.5. The first-order valence-corrected chi connectivity index (χ1v) is 6.39. The van der Waals surface area contributed by atoms with Gasteiger partial charge in [0.25, 0.3) is 0 Å². The average molecular weight is 261 g/mol. The zero-order chi connectivity index (χ0) is 14.0. The van der Waals surface area contributed by atoms with Gasteiger partial charge in [-0.05, 0) is 17.4 Å². The Hall–Kier alpha value is -1.84. The van der Waals surface area contributed by atoms with E-state index in [1.165, 1.54) is 7.11 Å². The van der Waals surface area contributed by atoms with E-state index in [0.29, 0.717) is 0 Å². The maximum Gasteiger partial charge on any atom is 0.333 e. The number of nitrogens with one attached hydrogen (secondary N) is 1. The van der Waals surface area contributed by atoms with Crippen molar-refractivity contribution in [3.05, 3.63) is 35.9 Å². The third-order valence-corrected chi connectivity index (χ3v) is 3.69. The number of carbonyl (C=O) groups excluding carboxylic acids is 2. The van der Waals surface area contributed by atoms with Crippen molar-refractivity contribution in [1.82, 2.24) is 5.32 Å². The smallest absolute Gasteiger partial charge is 0.333 e. The summed E-state index contributed by atoms with van der Waals surface area (Å²) in [4.78, 5) is 23.9. The fourth-order valence-corrected chi connectivity index (χ4v) is 2.20. The van der Waals surface area contributed by atoms with Gasteiger partial charge in [-0.25, -0.2) is 4.79 Å². The summed E-state index contributed by atoms with van der Waals surface area (Å²) in [6.45, 7) is 4.10. The maximum atomic E-state index is 12.1. The third-order valence-electron chi connectivity index (χ3n) is 3.69. The van der Waals surface area contributed by atoms with Crippen LogP contribution in [-0.2, 0) is 14.3 Å². The molecular formula is C15H19NO3. The summed E-state index contributed by atoms with van der Waals surface area (Å²) < 4.78 is 4.77. The highest BCUT2D eigenvalue weighted by Gasteiger charge is 2.51. The van der Waals surface area contributed by atoms with E-state index in [9.17, 15) is 9.59 Å². The van der Waals surface area contributed by atoms with Crippen molar-refractivity contribution < 1.29 is 14.3 Å². The van der Waals surface area contributed by atoms with Gasteiger partial charge in [-0.1, -0.05) is 44.2 Å². The molecule has 1 saturated carbocycles. The Bertz CT molecular complexity index is 481. The van der Waals surface area contributed by atoms with Crippen LogP contribution in [-0.4, -0.2) is 19.0 Å². The molecule has 0 bridgehead atoms. The van der Waals surface area contributed by atoms with Crippen LogP contribution in [0.3, 0.4) is 0 Å². The number of hydrogen-bond donors (Lipinski definition) is 1. The standard InChI is InChI=1S/C15H19NO3/c1-15(2)9-11(15)13(17)16-12(14(18)19-3)10-7-5-4-6-8-10/h4-8,11-12H,9H2,1-3H3,(H,16,17). The molecule has 0 aromatic heterocycles. The Morgan fingerprint density at radius 3 is 2.37 bits per heavy atom. The lowest BCUT2D eigenvalue weighted by Gasteiger charge is -2.17. The quantitative estimate of drug-likeness (QED) is 0.844. The molecule has 0 radical (unpaired) electrons. The van der Waals surface area contributed by atoms with E-state index in [1.54, 1.807) is 12.1 Å². The van der Waals surface area contributed by atoms with Crippen LogP contribution in [0.4, 0.5) is 0 Å². The molecule has 1 N–H and O–H groups in total. The second-order valence-corrected chi connectivity index (χ2v) is 5.62. The molecule has 1 aromatic rings. The average Bonchev–Trinajstić information content (AvgIpc) is 3.05. The number of hydrogen-bond acceptors (Lipinski definition) is 3. The summed E-state index contributed by atoms with van der Waals surface area (Å²) in [5.74, 6) is -0.536. The van der Waals surface area contributed by atoms with Crippen LogP contribution in [0.2, 0.25) is 0 Å². The molecule has 1 amide bonds. The second kappa shape index (κ2) is 5.03. The summed E-state index contributed by atoms with van der Waals surface area (Å²) in [5.41, 5.74) is 0.780. The summed E-state index contributed by atoms with van der Waals surface area (Å²) in [6.07, 6.45) is 0.863. The fourth-order valence-electron chi connectivity index (χ4n) is 2.20. The zero-order valence-corrected chi connectivity index (χ0v) is 11.5. The van der Waals surface area contributed by atoms with Crippen LogP contribution in [0.15, 0.2) is 30.3 Å². The van der Waals surface area contributed by atoms with E-state index in [2.05, 4.69) is 5.32 Å². The normalized spacial score (nSPS) is 21.3. The molecular weight excluding hydrogens is 242 g/mol. The first kappa shape index (κ1) is 13.6. The molecule has 102 valence electrons. The van der Waals surface area contributed by atoms with Crippen molar-refractivity contribution in [2.45, 2.75) is 26.3 Å². The van der Waals surface area contributed by atoms with Gasteiger partial charge in [0.1, 0.15) is 0 Å². The monoisotopic (exact) mass is 261 g/mol. The fraction of sp³-hybridized carbons (Fsp3) is 0.467. The molecule has 2 rings (SSSR count). The van der Waals surface area contributed by atoms with Gasteiger partial charge in [-0.3, -0.25) is 4.79 Å². The Morgan fingerprint density at radius 1 is 1.32 bits per heavy atom. The molecule has 1 aliphatic rings. The number of methoxy groups -OCH3 is 1. The van der Waals surface area contributed by atoms with Crippen LogP contribution >= 0.6 is 0 Å². The van der Waals surface area contributed by atoms with Crippen molar-refractivity contribution in [2.75, 3.05) is 7.11 Å². The maximum absolute atomic E-state index is 12.1. The summed E-state index contributed by atoms with van der Waals surface area (Å²) in [7, 11) is 1.32. The minimum Gasteiger partial charge on any atom is -0.467 e. The largest absolute Gasteiger partial charge is 0.467 e. The first-order valence-electron chi connectivity index (χ1n) is 6.39. The van der Waals surface area contributed by atoms with Gasteiger partial charge in [-0.2, -0.15) is 0 Å². The summed E-state index contributed by atoms with van der Waals surface area (Å²) >= 11 is 0. The van der Waals surface area contributed by atoms with Gasteiger partial charge in [0.2, 0.25) is 5.91 Å². The molecule has 1 aromatic carbocycles. The van der Waals surface area contributed by atoms with Crippen molar-refractivity contribution in [2.24, 2.45) is 11.3 Å². The van der Waals surface area contributed by atoms with Crippen molar-refractivity contribution in [3.63, 3.8) is 0 Å². The van der Waals surface area contributed by atoms with Gasteiger partial charge in [0.15, 0.2) is 6.04 Å². The van der Waals surface area contributed by atoms with Crippen LogP contribution in [0.1, 0.15) is 31.9 Å². The summed E-state index contributed by atoms with van der Waals surface area (Å²) in [5, 5.41) is 2.79. The van der Waals surface area contributed by atoms with Gasteiger partial charge in [0, 0.05) is 5.92 Å². The number of rotatable bonds is 4. The molecule has 19 heavy (non-hydrogen) atoms. The molecule has 0 spiro atoms. The summed E-state index contributed by atoms with van der Waals surface area (Å²) in [6, 6.07) is 8.41. The lowest BCUT2D eigenvalue weighted by Crippen LogP contribution is -2.36. The second-order valence-electron chi connectivity index (χ2n) is 5.62. The molecule has 1 aliphatic carbocycles. The number of esters is 1. The van der Waals surface area contributed by atoms with Crippen LogP contribution in [0.25, 0.3) is 0 Å². The van der Waals surface area contributed by atoms with Crippen LogP contribution in [0.5, 0.6) is 0 Å². The number of amides is 1. The highest BCUT2D eigenvalue weighted by Crippen LogP contribution is 2.51. The number of carbonyl (C=O) groups is 2. The predicted octanol–water partition coefficient (Wildman–Crippen LogP) is 2.06. The number of benzene rings is 1. The number of ether oxygens (including phenoxy) is 1. The highest BCUT2D eigenvalue weighted by molar-refractivity contribution is 5.88. The van der Waals surface area contributed by atoms with Crippen molar-refractivity contribution in [3.8, 4) is 0 Å². The van der Waals surface area contributed by atoms with Gasteiger partial charge in [-0.15, -0.1) is 0 Å². The molecule has 1 fully saturated rings. The molecule has 2 atom stereocenters. The van der Waals surface area contributed by atoms with Crippen molar-refractivity contribution in [1.29, 1.82) is 0 Å². The molecule has 2 unspecified atom stereocenters. The minimum absolute atomic E-state index is 0.0108. The van der Waals surface area contributed by atoms with Gasteiger partial charge in [0.05, 0.1) is 7.11 Å². The van der Waals surface area contributed by atoms with E-state index in [1.807, 2.05) is 32.0 Å². The van der Waals surface area contributed by atoms with Crippen molar-refractivity contribution >= 4 is 11.9 Å². The van der Waals surface area contributed by atoms with E-state index >= 15 is 0 Å². The van der Waals surface area contributed by atoms with E-state index in [-0.39, 0.29) is 17.2 Å². The lowest BCUT2D eigenvalue weighted by atomic mass is 10.1. The lowest BCUT2D eigenvalue weighted by molar-refractivity contribution is -0.145. The molecule has 0 aliphatic heterocycles. The molecule has 4 heteroatoms. The molecule has 4 nitrogen and oxygen atoms in total. The van der Waals surface area contributed by atoms with E-state index < -0.39 is 12.0 Å².